The molecule has 0 atom stereocenters. The van der Waals surface area contributed by atoms with E-state index in [1.54, 1.807) is 41.3 Å². The number of ether oxygens (including phenoxy) is 3. The zero-order valence-corrected chi connectivity index (χ0v) is 20.6. The number of carbonyl (C=O) groups is 1. The minimum Gasteiger partial charge on any atom is -0.493 e. The summed E-state index contributed by atoms with van der Waals surface area (Å²) in [7, 11) is 2.94. The number of rotatable bonds is 8. The van der Waals surface area contributed by atoms with Gasteiger partial charge in [0, 0.05) is 44.8 Å². The molecule has 2 heterocycles. The number of hydrogen-bond acceptors (Lipinski definition) is 9. The minimum atomic E-state index is -0.692. The van der Waals surface area contributed by atoms with Crippen LogP contribution < -0.4 is 20.1 Å². The number of piperazine rings is 1. The number of nitrogens with two attached hydrogens (primary N) is 1. The number of nitrogen functional groups attached to an aromatic ring is 1. The van der Waals surface area contributed by atoms with Crippen molar-refractivity contribution in [2.45, 2.75) is 0 Å². The van der Waals surface area contributed by atoms with Crippen LogP contribution in [-0.2, 0) is 9.53 Å². The van der Waals surface area contributed by atoms with E-state index >= 15 is 4.39 Å². The standard InChI is InChI=1S/C26H27FN6O4/c1-35-13-14-37-24-20(36-2)15-19-23(22(24)27)30-26(31-25(19)29)33-11-9-32(10-12-33)21(34)8-7-17-3-5-18(16-28)6-4-17/h3-8,15H,9-14H2,1-2H3,(H2,29,30,31). The van der Waals surface area contributed by atoms with Crippen LogP contribution in [0.2, 0.25) is 0 Å². The first-order valence-electron chi connectivity index (χ1n) is 11.6. The van der Waals surface area contributed by atoms with E-state index in [-0.39, 0.29) is 47.9 Å². The van der Waals surface area contributed by atoms with Crippen molar-refractivity contribution in [3.8, 4) is 17.6 Å². The molecule has 192 valence electrons. The maximum absolute atomic E-state index is 15.4. The van der Waals surface area contributed by atoms with Crippen LogP contribution in [0.15, 0.2) is 36.4 Å². The summed E-state index contributed by atoms with van der Waals surface area (Å²) in [4.78, 5) is 25.0. The molecule has 0 saturated carbocycles. The number of anilines is 2. The lowest BCUT2D eigenvalue weighted by molar-refractivity contribution is -0.126. The molecule has 0 aliphatic carbocycles. The van der Waals surface area contributed by atoms with Gasteiger partial charge >= 0.3 is 0 Å². The molecule has 1 aliphatic rings. The summed E-state index contributed by atoms with van der Waals surface area (Å²) >= 11 is 0. The average molecular weight is 507 g/mol. The number of carbonyl (C=O) groups excluding carboxylic acids is 1. The van der Waals surface area contributed by atoms with Crippen LogP contribution in [0.1, 0.15) is 11.1 Å². The minimum absolute atomic E-state index is 0.0274. The fourth-order valence-electron chi connectivity index (χ4n) is 3.92. The van der Waals surface area contributed by atoms with Crippen molar-refractivity contribution in [1.82, 2.24) is 14.9 Å². The average Bonchev–Trinajstić information content (AvgIpc) is 2.93. The van der Waals surface area contributed by atoms with Gasteiger partial charge in [-0.3, -0.25) is 4.79 Å². The first kappa shape index (κ1) is 25.7. The Morgan fingerprint density at radius 2 is 1.89 bits per heavy atom. The van der Waals surface area contributed by atoms with Crippen LogP contribution >= 0.6 is 0 Å². The van der Waals surface area contributed by atoms with Gasteiger partial charge < -0.3 is 29.7 Å². The van der Waals surface area contributed by atoms with Crippen molar-refractivity contribution >= 4 is 34.7 Å². The van der Waals surface area contributed by atoms with Crippen molar-refractivity contribution in [2.24, 2.45) is 0 Å². The lowest BCUT2D eigenvalue weighted by atomic mass is 10.1. The fraction of sp³-hybridized carbons (Fsp3) is 0.308. The van der Waals surface area contributed by atoms with Gasteiger partial charge in [-0.05, 0) is 29.8 Å². The highest BCUT2D eigenvalue weighted by Crippen LogP contribution is 2.38. The Bertz CT molecular complexity index is 1350. The third kappa shape index (κ3) is 5.70. The number of nitrogens with zero attached hydrogens (tertiary/aromatic N) is 5. The van der Waals surface area contributed by atoms with Crippen LogP contribution in [0, 0.1) is 17.1 Å². The van der Waals surface area contributed by atoms with E-state index in [1.165, 1.54) is 20.3 Å². The summed E-state index contributed by atoms with van der Waals surface area (Å²) in [5, 5.41) is 9.21. The van der Waals surface area contributed by atoms with Gasteiger partial charge in [0.15, 0.2) is 17.3 Å². The smallest absolute Gasteiger partial charge is 0.246 e. The quantitative estimate of drug-likeness (QED) is 0.362. The van der Waals surface area contributed by atoms with Crippen LogP contribution in [0.3, 0.4) is 0 Å². The maximum Gasteiger partial charge on any atom is 0.246 e. The molecule has 1 saturated heterocycles. The molecule has 0 spiro atoms. The molecule has 0 radical (unpaired) electrons. The predicted octanol–water partition coefficient (Wildman–Crippen LogP) is 2.62. The fourth-order valence-corrected chi connectivity index (χ4v) is 3.92. The molecule has 11 heteroatoms. The maximum atomic E-state index is 15.4. The first-order chi connectivity index (χ1) is 17.9. The SMILES string of the molecule is COCCOc1c(OC)cc2c(N)nc(N3CCN(C(=O)C=Cc4ccc(C#N)cc4)CC3)nc2c1F. The second-order valence-corrected chi connectivity index (χ2v) is 8.25. The van der Waals surface area contributed by atoms with Crippen molar-refractivity contribution in [1.29, 1.82) is 5.26 Å². The third-order valence-electron chi connectivity index (χ3n) is 5.96. The molecule has 3 aromatic rings. The summed E-state index contributed by atoms with van der Waals surface area (Å²) < 4.78 is 31.2. The zero-order valence-electron chi connectivity index (χ0n) is 20.6. The van der Waals surface area contributed by atoms with E-state index in [9.17, 15) is 4.79 Å². The second kappa shape index (κ2) is 11.5. The molecule has 0 unspecified atom stereocenters. The highest BCUT2D eigenvalue weighted by molar-refractivity contribution is 5.93. The number of hydrogen-bond donors (Lipinski definition) is 1. The Morgan fingerprint density at radius 3 is 2.54 bits per heavy atom. The van der Waals surface area contributed by atoms with E-state index < -0.39 is 5.82 Å². The summed E-state index contributed by atoms with van der Waals surface area (Å²) in [6, 6.07) is 10.6. The normalized spacial score (nSPS) is 13.7. The Labute approximate surface area is 213 Å². The molecule has 1 amide bonds. The molecule has 1 aromatic heterocycles. The summed E-state index contributed by atoms with van der Waals surface area (Å²) in [5.41, 5.74) is 7.58. The van der Waals surface area contributed by atoms with Crippen LogP contribution in [0.25, 0.3) is 17.0 Å². The number of fused-ring (bicyclic) bond motifs is 1. The molecular formula is C26H27FN6O4. The molecule has 10 nitrogen and oxygen atoms in total. The first-order valence-corrected chi connectivity index (χ1v) is 11.6. The van der Waals surface area contributed by atoms with E-state index in [0.717, 1.165) is 5.56 Å². The molecule has 0 bridgehead atoms. The Balaban J connectivity index is 1.48. The summed E-state index contributed by atoms with van der Waals surface area (Å²) in [6.45, 7) is 2.21. The Morgan fingerprint density at radius 1 is 1.16 bits per heavy atom. The summed E-state index contributed by atoms with van der Waals surface area (Å²) in [5.74, 6) is -0.311. The number of nitriles is 1. The summed E-state index contributed by atoms with van der Waals surface area (Å²) in [6.07, 6.45) is 3.22. The monoisotopic (exact) mass is 506 g/mol. The number of aromatic nitrogens is 2. The van der Waals surface area contributed by atoms with Crippen LogP contribution in [-0.4, -0.2) is 74.4 Å². The number of benzene rings is 2. The van der Waals surface area contributed by atoms with Gasteiger partial charge in [0.05, 0.1) is 25.3 Å². The van der Waals surface area contributed by atoms with Crippen LogP contribution in [0.4, 0.5) is 16.2 Å². The van der Waals surface area contributed by atoms with E-state index in [2.05, 4.69) is 16.0 Å². The predicted molar refractivity (Wildman–Crippen MR) is 137 cm³/mol. The van der Waals surface area contributed by atoms with Crippen LogP contribution in [0.5, 0.6) is 11.5 Å². The second-order valence-electron chi connectivity index (χ2n) is 8.25. The number of methoxy groups -OCH3 is 2. The highest BCUT2D eigenvalue weighted by Gasteiger charge is 2.25. The molecule has 4 rings (SSSR count). The van der Waals surface area contributed by atoms with Gasteiger partial charge in [0.25, 0.3) is 0 Å². The van der Waals surface area contributed by atoms with Crippen molar-refractivity contribution in [3.63, 3.8) is 0 Å². The lowest BCUT2D eigenvalue weighted by Gasteiger charge is -2.34. The Kier molecular flexibility index (Phi) is 8.00. The molecule has 2 aromatic carbocycles. The van der Waals surface area contributed by atoms with Crippen molar-refractivity contribution < 1.29 is 23.4 Å². The molecule has 1 aliphatic heterocycles. The largest absolute Gasteiger partial charge is 0.493 e. The lowest BCUT2D eigenvalue weighted by Crippen LogP contribution is -2.48. The van der Waals surface area contributed by atoms with Gasteiger partial charge in [-0.1, -0.05) is 12.1 Å². The van der Waals surface area contributed by atoms with Gasteiger partial charge in [-0.15, -0.1) is 0 Å². The molecule has 37 heavy (non-hydrogen) atoms. The topological polar surface area (TPSA) is 127 Å². The number of amides is 1. The highest BCUT2D eigenvalue weighted by atomic mass is 19.1. The van der Waals surface area contributed by atoms with Gasteiger partial charge in [0.1, 0.15) is 17.9 Å². The Hall–Kier alpha value is -4.43. The molecule has 1 fully saturated rings. The van der Waals surface area contributed by atoms with E-state index in [1.807, 2.05) is 4.90 Å². The van der Waals surface area contributed by atoms with Gasteiger partial charge in [0.2, 0.25) is 11.9 Å². The van der Waals surface area contributed by atoms with E-state index in [4.69, 9.17) is 25.2 Å². The number of halogens is 1. The molecular weight excluding hydrogens is 479 g/mol. The molecule has 2 N–H and O–H groups in total. The van der Waals surface area contributed by atoms with Gasteiger partial charge in [-0.25, -0.2) is 9.37 Å². The zero-order chi connectivity index (χ0) is 26.4. The van der Waals surface area contributed by atoms with Crippen molar-refractivity contribution in [3.05, 3.63) is 53.4 Å². The van der Waals surface area contributed by atoms with E-state index in [0.29, 0.717) is 37.1 Å². The van der Waals surface area contributed by atoms with Crippen molar-refractivity contribution in [2.75, 3.05) is 64.2 Å². The third-order valence-corrected chi connectivity index (χ3v) is 5.96. The van der Waals surface area contributed by atoms with Gasteiger partial charge in [-0.2, -0.15) is 10.2 Å².